The highest BCUT2D eigenvalue weighted by Crippen LogP contribution is 2.32. The van der Waals surface area contributed by atoms with Gasteiger partial charge in [0.05, 0.1) is 11.5 Å². The molecule has 0 spiro atoms. The van der Waals surface area contributed by atoms with E-state index in [4.69, 9.17) is 4.74 Å². The zero-order valence-corrected chi connectivity index (χ0v) is 11.9. The van der Waals surface area contributed by atoms with Crippen molar-refractivity contribution in [2.24, 2.45) is 5.92 Å². The summed E-state index contributed by atoms with van der Waals surface area (Å²) < 4.78 is 5.79. The minimum atomic E-state index is -0.364. The van der Waals surface area contributed by atoms with E-state index in [-0.39, 0.29) is 10.6 Å². The van der Waals surface area contributed by atoms with E-state index in [0.717, 1.165) is 36.6 Å². The maximum Gasteiger partial charge on any atom is 0.270 e. The topological polar surface area (TPSA) is 64.4 Å². The maximum absolute atomic E-state index is 10.9. The van der Waals surface area contributed by atoms with Crippen molar-refractivity contribution in [1.29, 1.82) is 0 Å². The Labute approximate surface area is 119 Å². The van der Waals surface area contributed by atoms with Crippen LogP contribution >= 0.6 is 0 Å². The van der Waals surface area contributed by atoms with Gasteiger partial charge in [0.25, 0.3) is 5.69 Å². The number of rotatable bonds is 9. The van der Waals surface area contributed by atoms with Crippen molar-refractivity contribution in [3.8, 4) is 5.75 Å². The molecule has 0 amide bonds. The van der Waals surface area contributed by atoms with Gasteiger partial charge < -0.3 is 10.1 Å². The largest absolute Gasteiger partial charge is 0.493 e. The third kappa shape index (κ3) is 4.49. The first-order valence-corrected chi connectivity index (χ1v) is 7.31. The first kappa shape index (κ1) is 14.8. The lowest BCUT2D eigenvalue weighted by molar-refractivity contribution is -0.384. The molecule has 0 unspecified atom stereocenters. The molecule has 1 aliphatic rings. The van der Waals surface area contributed by atoms with Gasteiger partial charge in [0.2, 0.25) is 0 Å². The van der Waals surface area contributed by atoms with Crippen LogP contribution in [0.1, 0.15) is 38.2 Å². The third-order valence-electron chi connectivity index (χ3n) is 3.48. The van der Waals surface area contributed by atoms with E-state index in [1.165, 1.54) is 18.9 Å². The van der Waals surface area contributed by atoms with Gasteiger partial charge in [-0.2, -0.15) is 0 Å². The predicted molar refractivity (Wildman–Crippen MR) is 77.9 cm³/mol. The number of hydrogen-bond donors (Lipinski definition) is 1. The maximum atomic E-state index is 10.9. The molecule has 0 heterocycles. The average Bonchev–Trinajstić information content (AvgIpc) is 3.24. The summed E-state index contributed by atoms with van der Waals surface area (Å²) in [5.41, 5.74) is 0.983. The van der Waals surface area contributed by atoms with E-state index < -0.39 is 0 Å². The molecule has 0 aliphatic heterocycles. The van der Waals surface area contributed by atoms with Gasteiger partial charge in [-0.15, -0.1) is 0 Å². The van der Waals surface area contributed by atoms with Gasteiger partial charge in [-0.1, -0.05) is 19.8 Å². The molecular formula is C15H22N2O3. The highest BCUT2D eigenvalue weighted by Gasteiger charge is 2.21. The van der Waals surface area contributed by atoms with Crippen LogP contribution in [0.25, 0.3) is 0 Å². The number of nitro benzene ring substituents is 1. The van der Waals surface area contributed by atoms with Crippen LogP contribution in [-0.2, 0) is 6.54 Å². The molecule has 0 bridgehead atoms. The van der Waals surface area contributed by atoms with E-state index in [1.807, 2.05) is 0 Å². The Bertz CT molecular complexity index is 458. The highest BCUT2D eigenvalue weighted by molar-refractivity contribution is 5.43. The molecule has 1 N–H and O–H groups in total. The second kappa shape index (κ2) is 7.24. The second-order valence-corrected chi connectivity index (χ2v) is 5.31. The molecular weight excluding hydrogens is 256 g/mol. The standard InChI is InChI=1S/C15H22N2O3/c1-2-8-16-11-13-10-14(17(18)19)5-6-15(13)20-9-7-12-3-4-12/h5-6,10,12,16H,2-4,7-9,11H2,1H3. The quantitative estimate of drug-likeness (QED) is 0.428. The SMILES string of the molecule is CCCNCc1cc([N+](=O)[O-])ccc1OCCC1CC1. The van der Waals surface area contributed by atoms with Crippen LogP contribution in [0.4, 0.5) is 5.69 Å². The van der Waals surface area contributed by atoms with Crippen LogP contribution in [0.3, 0.4) is 0 Å². The number of benzene rings is 1. The van der Waals surface area contributed by atoms with E-state index in [1.54, 1.807) is 12.1 Å². The van der Waals surface area contributed by atoms with Crippen molar-refractivity contribution >= 4 is 5.69 Å². The zero-order chi connectivity index (χ0) is 14.4. The fourth-order valence-corrected chi connectivity index (χ4v) is 2.10. The van der Waals surface area contributed by atoms with Gasteiger partial charge >= 0.3 is 0 Å². The van der Waals surface area contributed by atoms with Gasteiger partial charge in [-0.3, -0.25) is 10.1 Å². The molecule has 1 aromatic carbocycles. The Balaban J connectivity index is 1.99. The Morgan fingerprint density at radius 1 is 1.45 bits per heavy atom. The van der Waals surface area contributed by atoms with Gasteiger partial charge in [-0.05, 0) is 31.4 Å². The fourth-order valence-electron chi connectivity index (χ4n) is 2.10. The first-order valence-electron chi connectivity index (χ1n) is 7.31. The van der Waals surface area contributed by atoms with Crippen LogP contribution in [0, 0.1) is 16.0 Å². The molecule has 0 aromatic heterocycles. The minimum Gasteiger partial charge on any atom is -0.493 e. The van der Waals surface area contributed by atoms with E-state index in [2.05, 4.69) is 12.2 Å². The van der Waals surface area contributed by atoms with E-state index >= 15 is 0 Å². The summed E-state index contributed by atoms with van der Waals surface area (Å²) in [6, 6.07) is 4.83. The lowest BCUT2D eigenvalue weighted by Gasteiger charge is -2.12. The minimum absolute atomic E-state index is 0.118. The molecule has 1 fully saturated rings. The van der Waals surface area contributed by atoms with E-state index in [0.29, 0.717) is 13.2 Å². The Hall–Kier alpha value is -1.62. The van der Waals surface area contributed by atoms with Crippen molar-refractivity contribution in [2.75, 3.05) is 13.2 Å². The molecule has 1 saturated carbocycles. The van der Waals surface area contributed by atoms with Gasteiger partial charge in [0, 0.05) is 24.2 Å². The number of hydrogen-bond acceptors (Lipinski definition) is 4. The number of ether oxygens (including phenoxy) is 1. The van der Waals surface area contributed by atoms with Crippen molar-refractivity contribution in [3.05, 3.63) is 33.9 Å². The Kier molecular flexibility index (Phi) is 5.35. The molecule has 1 aromatic rings. The van der Waals surface area contributed by atoms with Crippen LogP contribution in [-0.4, -0.2) is 18.1 Å². The summed E-state index contributed by atoms with van der Waals surface area (Å²) in [5.74, 6) is 1.59. The summed E-state index contributed by atoms with van der Waals surface area (Å²) in [5, 5.41) is 14.1. The van der Waals surface area contributed by atoms with Crippen molar-refractivity contribution in [3.63, 3.8) is 0 Å². The number of nitro groups is 1. The average molecular weight is 278 g/mol. The summed E-state index contributed by atoms with van der Waals surface area (Å²) in [6.07, 6.45) is 4.74. The monoisotopic (exact) mass is 278 g/mol. The molecule has 0 saturated heterocycles. The molecule has 5 nitrogen and oxygen atoms in total. The lowest BCUT2D eigenvalue weighted by atomic mass is 10.1. The van der Waals surface area contributed by atoms with Crippen molar-refractivity contribution in [2.45, 2.75) is 39.2 Å². The van der Waals surface area contributed by atoms with Crippen LogP contribution < -0.4 is 10.1 Å². The molecule has 5 heteroatoms. The van der Waals surface area contributed by atoms with Gasteiger partial charge in [0.1, 0.15) is 5.75 Å². The molecule has 1 aliphatic carbocycles. The lowest BCUT2D eigenvalue weighted by Crippen LogP contribution is -2.15. The smallest absolute Gasteiger partial charge is 0.270 e. The molecule has 0 radical (unpaired) electrons. The molecule has 2 rings (SSSR count). The third-order valence-corrected chi connectivity index (χ3v) is 3.48. The summed E-state index contributed by atoms with van der Waals surface area (Å²) in [7, 11) is 0. The molecule has 0 atom stereocenters. The van der Waals surface area contributed by atoms with Crippen LogP contribution in [0.5, 0.6) is 5.75 Å². The highest BCUT2D eigenvalue weighted by atomic mass is 16.6. The van der Waals surface area contributed by atoms with Gasteiger partial charge in [-0.25, -0.2) is 0 Å². The predicted octanol–water partition coefficient (Wildman–Crippen LogP) is 3.27. The van der Waals surface area contributed by atoms with Crippen LogP contribution in [0.2, 0.25) is 0 Å². The Morgan fingerprint density at radius 2 is 2.25 bits per heavy atom. The van der Waals surface area contributed by atoms with Gasteiger partial charge in [0.15, 0.2) is 0 Å². The Morgan fingerprint density at radius 3 is 2.90 bits per heavy atom. The molecule has 20 heavy (non-hydrogen) atoms. The van der Waals surface area contributed by atoms with Crippen molar-refractivity contribution < 1.29 is 9.66 Å². The molecule has 110 valence electrons. The number of nitrogens with zero attached hydrogens (tertiary/aromatic N) is 1. The summed E-state index contributed by atoms with van der Waals surface area (Å²) in [6.45, 7) is 4.29. The zero-order valence-electron chi connectivity index (χ0n) is 11.9. The fraction of sp³-hybridized carbons (Fsp3) is 0.600. The van der Waals surface area contributed by atoms with Crippen LogP contribution in [0.15, 0.2) is 18.2 Å². The summed E-state index contributed by atoms with van der Waals surface area (Å²) >= 11 is 0. The number of nitrogens with one attached hydrogen (secondary N) is 1. The van der Waals surface area contributed by atoms with Crippen molar-refractivity contribution in [1.82, 2.24) is 5.32 Å². The normalized spacial score (nSPS) is 14.2. The first-order chi connectivity index (χ1) is 9.70. The number of non-ortho nitro benzene ring substituents is 1. The summed E-state index contributed by atoms with van der Waals surface area (Å²) in [4.78, 5) is 10.5. The second-order valence-electron chi connectivity index (χ2n) is 5.31. The van der Waals surface area contributed by atoms with E-state index in [9.17, 15) is 10.1 Å².